The maximum Gasteiger partial charge on any atom is 0.127 e. The normalized spacial score (nSPS) is 20.9. The van der Waals surface area contributed by atoms with Gasteiger partial charge < -0.3 is 10.5 Å². The maximum atomic E-state index is 13.5. The molecule has 0 radical (unpaired) electrons. The highest BCUT2D eigenvalue weighted by Gasteiger charge is 2.40. The van der Waals surface area contributed by atoms with Crippen LogP contribution in [-0.4, -0.2) is 5.60 Å². The molecule has 0 aromatic heterocycles. The summed E-state index contributed by atoms with van der Waals surface area (Å²) < 4.78 is 19.8. The van der Waals surface area contributed by atoms with Crippen LogP contribution in [0.1, 0.15) is 58.6 Å². The molecule has 1 aliphatic heterocycles. The number of halogens is 1. The lowest BCUT2D eigenvalue weighted by atomic mass is 9.77. The number of rotatable bonds is 4. The van der Waals surface area contributed by atoms with Gasteiger partial charge in [0.2, 0.25) is 0 Å². The molecular weight excluding hydrogens is 253 g/mol. The SMILES string of the molecule is CC(C)CC1(CC(C)C)CC(N)c2ccc(F)cc2O1. The lowest BCUT2D eigenvalue weighted by Crippen LogP contribution is -2.45. The van der Waals surface area contributed by atoms with Crippen LogP contribution in [0.25, 0.3) is 0 Å². The van der Waals surface area contributed by atoms with E-state index in [1.807, 2.05) is 0 Å². The Kier molecular flexibility index (Phi) is 4.38. The van der Waals surface area contributed by atoms with Crippen molar-refractivity contribution < 1.29 is 9.13 Å². The molecule has 0 fully saturated rings. The molecule has 0 bridgehead atoms. The van der Waals surface area contributed by atoms with Gasteiger partial charge in [-0.3, -0.25) is 0 Å². The Bertz CT molecular complexity index is 460. The number of ether oxygens (including phenoxy) is 1. The Balaban J connectivity index is 2.36. The van der Waals surface area contributed by atoms with Crippen molar-refractivity contribution in [1.29, 1.82) is 0 Å². The first-order valence-electron chi connectivity index (χ1n) is 7.55. The van der Waals surface area contributed by atoms with Gasteiger partial charge in [0, 0.05) is 24.1 Å². The van der Waals surface area contributed by atoms with Crippen LogP contribution in [0.3, 0.4) is 0 Å². The lowest BCUT2D eigenvalue weighted by molar-refractivity contribution is -0.00188. The van der Waals surface area contributed by atoms with Crippen LogP contribution < -0.4 is 10.5 Å². The van der Waals surface area contributed by atoms with E-state index in [-0.39, 0.29) is 17.5 Å². The van der Waals surface area contributed by atoms with E-state index in [4.69, 9.17) is 10.5 Å². The van der Waals surface area contributed by atoms with Crippen molar-refractivity contribution in [3.8, 4) is 5.75 Å². The van der Waals surface area contributed by atoms with E-state index < -0.39 is 0 Å². The second-order valence-corrected chi connectivity index (χ2v) is 6.97. The summed E-state index contributed by atoms with van der Waals surface area (Å²) in [7, 11) is 0. The molecule has 0 amide bonds. The van der Waals surface area contributed by atoms with Crippen molar-refractivity contribution in [2.45, 2.75) is 58.6 Å². The number of fused-ring (bicyclic) bond motifs is 1. The van der Waals surface area contributed by atoms with E-state index in [1.54, 1.807) is 6.07 Å². The molecule has 1 aromatic carbocycles. The molecular formula is C17H26FNO. The third kappa shape index (κ3) is 3.32. The second-order valence-electron chi connectivity index (χ2n) is 6.97. The minimum absolute atomic E-state index is 0.0724. The molecule has 1 heterocycles. The molecule has 0 aliphatic carbocycles. The van der Waals surface area contributed by atoms with Gasteiger partial charge in [-0.05, 0) is 30.7 Å². The van der Waals surface area contributed by atoms with Crippen molar-refractivity contribution in [3.05, 3.63) is 29.6 Å². The van der Waals surface area contributed by atoms with Gasteiger partial charge in [-0.15, -0.1) is 0 Å². The molecule has 2 rings (SSSR count). The molecule has 3 heteroatoms. The highest BCUT2D eigenvalue weighted by atomic mass is 19.1. The van der Waals surface area contributed by atoms with Crippen LogP contribution in [0.5, 0.6) is 5.75 Å². The van der Waals surface area contributed by atoms with Crippen molar-refractivity contribution in [3.63, 3.8) is 0 Å². The van der Waals surface area contributed by atoms with Gasteiger partial charge >= 0.3 is 0 Å². The molecule has 0 saturated heterocycles. The number of hydrogen-bond acceptors (Lipinski definition) is 2. The van der Waals surface area contributed by atoms with Crippen molar-refractivity contribution in [2.24, 2.45) is 17.6 Å². The molecule has 2 N–H and O–H groups in total. The molecule has 2 nitrogen and oxygen atoms in total. The van der Waals surface area contributed by atoms with E-state index in [1.165, 1.54) is 12.1 Å². The highest BCUT2D eigenvalue weighted by Crippen LogP contribution is 2.44. The number of hydrogen-bond donors (Lipinski definition) is 1. The number of benzene rings is 1. The zero-order valence-electron chi connectivity index (χ0n) is 12.9. The van der Waals surface area contributed by atoms with Crippen LogP contribution in [0.2, 0.25) is 0 Å². The molecule has 112 valence electrons. The largest absolute Gasteiger partial charge is 0.487 e. The fraction of sp³-hybridized carbons (Fsp3) is 0.647. The predicted octanol–water partition coefficient (Wildman–Crippen LogP) is 4.44. The quantitative estimate of drug-likeness (QED) is 0.884. The predicted molar refractivity (Wildman–Crippen MR) is 80.2 cm³/mol. The molecule has 1 atom stereocenters. The topological polar surface area (TPSA) is 35.2 Å². The van der Waals surface area contributed by atoms with E-state index >= 15 is 0 Å². The molecule has 20 heavy (non-hydrogen) atoms. The minimum Gasteiger partial charge on any atom is -0.487 e. The van der Waals surface area contributed by atoms with Crippen molar-refractivity contribution in [2.75, 3.05) is 0 Å². The average Bonchev–Trinajstić information content (AvgIpc) is 2.25. The van der Waals surface area contributed by atoms with Gasteiger partial charge in [0.05, 0.1) is 0 Å². The Morgan fingerprint density at radius 1 is 1.25 bits per heavy atom. The Morgan fingerprint density at radius 3 is 2.40 bits per heavy atom. The Hall–Kier alpha value is -1.09. The summed E-state index contributed by atoms with van der Waals surface area (Å²) in [6.45, 7) is 8.77. The van der Waals surface area contributed by atoms with E-state index in [0.29, 0.717) is 17.6 Å². The molecule has 1 unspecified atom stereocenters. The monoisotopic (exact) mass is 279 g/mol. The van der Waals surface area contributed by atoms with E-state index in [2.05, 4.69) is 27.7 Å². The maximum absolute atomic E-state index is 13.5. The van der Waals surface area contributed by atoms with Gasteiger partial charge in [-0.1, -0.05) is 33.8 Å². The summed E-state index contributed by atoms with van der Waals surface area (Å²) in [6.07, 6.45) is 2.71. The smallest absolute Gasteiger partial charge is 0.127 e. The lowest BCUT2D eigenvalue weighted by Gasteiger charge is -2.43. The number of nitrogens with two attached hydrogens (primary N) is 1. The van der Waals surface area contributed by atoms with Crippen LogP contribution >= 0.6 is 0 Å². The first-order valence-corrected chi connectivity index (χ1v) is 7.55. The zero-order valence-corrected chi connectivity index (χ0v) is 12.9. The summed E-state index contributed by atoms with van der Waals surface area (Å²) in [5.41, 5.74) is 6.99. The van der Waals surface area contributed by atoms with Crippen LogP contribution in [0.4, 0.5) is 4.39 Å². The molecule has 0 saturated carbocycles. The molecule has 1 aromatic rings. The van der Waals surface area contributed by atoms with Gasteiger partial charge in [-0.25, -0.2) is 4.39 Å². The summed E-state index contributed by atoms with van der Waals surface area (Å²) in [6, 6.07) is 4.62. The third-order valence-corrected chi connectivity index (χ3v) is 3.85. The van der Waals surface area contributed by atoms with Crippen LogP contribution in [0, 0.1) is 17.7 Å². The van der Waals surface area contributed by atoms with E-state index in [0.717, 1.165) is 24.8 Å². The average molecular weight is 279 g/mol. The van der Waals surface area contributed by atoms with Crippen LogP contribution in [-0.2, 0) is 0 Å². The first kappa shape index (κ1) is 15.3. The fourth-order valence-electron chi connectivity index (χ4n) is 3.51. The second kappa shape index (κ2) is 5.72. The first-order chi connectivity index (χ1) is 9.31. The third-order valence-electron chi connectivity index (χ3n) is 3.85. The Morgan fingerprint density at radius 2 is 1.85 bits per heavy atom. The standard InChI is InChI=1S/C17H26FNO/c1-11(2)8-17(9-12(3)4)10-15(19)14-6-5-13(18)7-16(14)20-17/h5-7,11-12,15H,8-10,19H2,1-4H3. The minimum atomic E-state index is -0.263. The van der Waals surface area contributed by atoms with Crippen molar-refractivity contribution >= 4 is 0 Å². The molecule has 1 aliphatic rings. The van der Waals surface area contributed by atoms with Gasteiger partial charge in [0.25, 0.3) is 0 Å². The summed E-state index contributed by atoms with van der Waals surface area (Å²) in [5, 5.41) is 0. The van der Waals surface area contributed by atoms with Crippen LogP contribution in [0.15, 0.2) is 18.2 Å². The molecule has 0 spiro atoms. The summed E-state index contributed by atoms with van der Waals surface area (Å²) >= 11 is 0. The van der Waals surface area contributed by atoms with E-state index in [9.17, 15) is 4.39 Å². The zero-order chi connectivity index (χ0) is 14.9. The van der Waals surface area contributed by atoms with Gasteiger partial charge in [0.1, 0.15) is 17.2 Å². The highest BCUT2D eigenvalue weighted by molar-refractivity contribution is 5.39. The van der Waals surface area contributed by atoms with Crippen molar-refractivity contribution in [1.82, 2.24) is 0 Å². The summed E-state index contributed by atoms with van der Waals surface area (Å²) in [4.78, 5) is 0. The van der Waals surface area contributed by atoms with Gasteiger partial charge in [-0.2, -0.15) is 0 Å². The van der Waals surface area contributed by atoms with Gasteiger partial charge in [0.15, 0.2) is 0 Å². The summed E-state index contributed by atoms with van der Waals surface area (Å²) in [5.74, 6) is 1.41. The fourth-order valence-corrected chi connectivity index (χ4v) is 3.51. The Labute approximate surface area is 121 Å².